The molecular weight excluding hydrogens is 170 g/mol. The molecule has 1 rings (SSSR count). The number of hydrogen-bond acceptors (Lipinski definition) is 1. The molecule has 1 aliphatic heterocycles. The Morgan fingerprint density at radius 1 is 1.25 bits per heavy atom. The zero-order valence-corrected chi connectivity index (χ0v) is 8.68. The number of hydrogen-bond donors (Lipinski definition) is 1. The molecule has 2 nitrogen and oxygen atoms in total. The third-order valence-electron chi connectivity index (χ3n) is 2.49. The predicted molar refractivity (Wildman–Crippen MR) is 53.5 cm³/mol. The van der Waals surface area contributed by atoms with Crippen LogP contribution < -0.4 is 0 Å². The van der Waals surface area contributed by atoms with Crippen LogP contribution in [0.5, 0.6) is 0 Å². The van der Waals surface area contributed by atoms with Gasteiger partial charge in [-0.3, -0.25) is 4.79 Å². The highest BCUT2D eigenvalue weighted by atomic mass is 32.1. The van der Waals surface area contributed by atoms with Crippen LogP contribution in [0.15, 0.2) is 0 Å². The summed E-state index contributed by atoms with van der Waals surface area (Å²) in [4.78, 5) is 12.9. The van der Waals surface area contributed by atoms with Gasteiger partial charge in [0.05, 0.1) is 0 Å². The summed E-state index contributed by atoms with van der Waals surface area (Å²) in [5.74, 6) is 1.26. The number of carbonyl (C=O) groups excluding carboxylic acids is 1. The summed E-state index contributed by atoms with van der Waals surface area (Å²) >= 11 is 3.86. The first kappa shape index (κ1) is 9.90. The van der Waals surface area contributed by atoms with E-state index in [-0.39, 0.29) is 5.24 Å². The van der Waals surface area contributed by atoms with Gasteiger partial charge < -0.3 is 4.90 Å². The quantitative estimate of drug-likeness (QED) is 0.577. The molecule has 0 bridgehead atoms. The van der Waals surface area contributed by atoms with Crippen molar-refractivity contribution in [2.75, 3.05) is 13.1 Å². The van der Waals surface area contributed by atoms with E-state index in [4.69, 9.17) is 0 Å². The van der Waals surface area contributed by atoms with Crippen molar-refractivity contribution in [2.24, 2.45) is 11.8 Å². The average molecular weight is 187 g/mol. The molecule has 0 N–H and O–H groups in total. The molecule has 0 radical (unpaired) electrons. The van der Waals surface area contributed by atoms with E-state index in [1.165, 1.54) is 12.8 Å². The van der Waals surface area contributed by atoms with Gasteiger partial charge in [0.2, 0.25) is 0 Å². The van der Waals surface area contributed by atoms with E-state index in [9.17, 15) is 4.79 Å². The minimum Gasteiger partial charge on any atom is -0.333 e. The van der Waals surface area contributed by atoms with Gasteiger partial charge in [-0.15, -0.1) is 0 Å². The highest BCUT2D eigenvalue weighted by molar-refractivity contribution is 7.96. The van der Waals surface area contributed by atoms with Crippen molar-refractivity contribution in [3.63, 3.8) is 0 Å². The van der Waals surface area contributed by atoms with Gasteiger partial charge in [-0.2, -0.15) is 0 Å². The van der Waals surface area contributed by atoms with E-state index < -0.39 is 0 Å². The number of thiol groups is 1. The third-order valence-corrected chi connectivity index (χ3v) is 2.77. The van der Waals surface area contributed by atoms with E-state index in [1.54, 1.807) is 0 Å². The van der Waals surface area contributed by atoms with Crippen LogP contribution in [-0.4, -0.2) is 23.2 Å². The van der Waals surface area contributed by atoms with Gasteiger partial charge in [0, 0.05) is 13.1 Å². The zero-order valence-electron chi connectivity index (χ0n) is 7.79. The average Bonchev–Trinajstić information content (AvgIpc) is 2.13. The van der Waals surface area contributed by atoms with E-state index in [1.807, 2.05) is 4.90 Å². The van der Waals surface area contributed by atoms with Crippen LogP contribution in [0, 0.1) is 11.8 Å². The third kappa shape index (κ3) is 2.70. The molecule has 70 valence electrons. The summed E-state index contributed by atoms with van der Waals surface area (Å²) < 4.78 is 0. The summed E-state index contributed by atoms with van der Waals surface area (Å²) in [6.45, 7) is 6.16. The minimum absolute atomic E-state index is 0.0735. The molecule has 3 heteroatoms. The second kappa shape index (κ2) is 4.17. The Morgan fingerprint density at radius 2 is 1.67 bits per heavy atom. The second-order valence-corrected chi connectivity index (χ2v) is 4.36. The topological polar surface area (TPSA) is 20.3 Å². The SMILES string of the molecule is CC1CCC(C)CN(C(=O)S)C1. The summed E-state index contributed by atoms with van der Waals surface area (Å²) in [7, 11) is 0. The Kier molecular flexibility index (Phi) is 3.44. The van der Waals surface area contributed by atoms with E-state index in [0.717, 1.165) is 13.1 Å². The fourth-order valence-corrected chi connectivity index (χ4v) is 1.90. The number of rotatable bonds is 0. The Hall–Kier alpha value is -0.180. The highest BCUT2D eigenvalue weighted by Gasteiger charge is 2.20. The van der Waals surface area contributed by atoms with Crippen molar-refractivity contribution in [1.29, 1.82) is 0 Å². The summed E-state index contributed by atoms with van der Waals surface area (Å²) in [6.07, 6.45) is 2.47. The van der Waals surface area contributed by atoms with Crippen LogP contribution in [0.2, 0.25) is 0 Å². The number of nitrogens with zero attached hydrogens (tertiary/aromatic N) is 1. The van der Waals surface area contributed by atoms with Crippen molar-refractivity contribution in [2.45, 2.75) is 26.7 Å². The fraction of sp³-hybridized carbons (Fsp3) is 0.889. The van der Waals surface area contributed by atoms with E-state index in [2.05, 4.69) is 26.5 Å². The van der Waals surface area contributed by atoms with Gasteiger partial charge in [-0.1, -0.05) is 26.5 Å². The first-order chi connectivity index (χ1) is 5.59. The second-order valence-electron chi connectivity index (χ2n) is 3.98. The lowest BCUT2D eigenvalue weighted by atomic mass is 10.0. The van der Waals surface area contributed by atoms with Crippen LogP contribution in [0.3, 0.4) is 0 Å². The first-order valence-corrected chi connectivity index (χ1v) is 5.02. The predicted octanol–water partition coefficient (Wildman–Crippen LogP) is 2.40. The monoisotopic (exact) mass is 187 g/mol. The smallest absolute Gasteiger partial charge is 0.278 e. The van der Waals surface area contributed by atoms with Crippen molar-refractivity contribution in [3.8, 4) is 0 Å². The molecule has 12 heavy (non-hydrogen) atoms. The molecule has 1 heterocycles. The fourth-order valence-electron chi connectivity index (χ4n) is 1.73. The maximum atomic E-state index is 11.0. The molecule has 1 fully saturated rings. The molecule has 2 atom stereocenters. The first-order valence-electron chi connectivity index (χ1n) is 4.57. The van der Waals surface area contributed by atoms with Crippen LogP contribution in [0.1, 0.15) is 26.7 Å². The molecular formula is C9H17NOS. The van der Waals surface area contributed by atoms with Crippen molar-refractivity contribution < 1.29 is 4.79 Å². The lowest BCUT2D eigenvalue weighted by Crippen LogP contribution is -2.31. The highest BCUT2D eigenvalue weighted by Crippen LogP contribution is 2.20. The van der Waals surface area contributed by atoms with Gasteiger partial charge in [-0.05, 0) is 24.7 Å². The lowest BCUT2D eigenvalue weighted by Gasteiger charge is -2.21. The Bertz CT molecular complexity index is 160. The van der Waals surface area contributed by atoms with E-state index in [0.29, 0.717) is 11.8 Å². The molecule has 0 spiro atoms. The molecule has 0 aromatic heterocycles. The molecule has 0 saturated carbocycles. The van der Waals surface area contributed by atoms with Crippen LogP contribution >= 0.6 is 12.6 Å². The summed E-state index contributed by atoms with van der Waals surface area (Å²) in [5, 5.41) is -0.0735. The Labute approximate surface area is 79.7 Å². The van der Waals surface area contributed by atoms with Crippen LogP contribution in [0.4, 0.5) is 4.79 Å². The van der Waals surface area contributed by atoms with Crippen molar-refractivity contribution in [1.82, 2.24) is 4.90 Å². The van der Waals surface area contributed by atoms with Crippen molar-refractivity contribution >= 4 is 17.9 Å². The van der Waals surface area contributed by atoms with Gasteiger partial charge >= 0.3 is 0 Å². The number of carbonyl (C=O) groups is 1. The van der Waals surface area contributed by atoms with Gasteiger partial charge in [0.25, 0.3) is 5.24 Å². The zero-order chi connectivity index (χ0) is 9.14. The molecule has 1 aliphatic rings. The van der Waals surface area contributed by atoms with E-state index >= 15 is 0 Å². The van der Waals surface area contributed by atoms with Crippen LogP contribution in [-0.2, 0) is 0 Å². The molecule has 0 aliphatic carbocycles. The Morgan fingerprint density at radius 3 is 2.00 bits per heavy atom. The molecule has 0 aromatic carbocycles. The standard InChI is InChI=1S/C9H17NOS/c1-7-3-4-8(2)6-10(5-7)9(11)12/h7-8H,3-6H2,1-2H3,(H,11,12). The minimum atomic E-state index is -0.0735. The maximum absolute atomic E-state index is 11.0. The van der Waals surface area contributed by atoms with Gasteiger partial charge in [0.1, 0.15) is 0 Å². The lowest BCUT2D eigenvalue weighted by molar-refractivity contribution is 0.214. The van der Waals surface area contributed by atoms with Gasteiger partial charge in [0.15, 0.2) is 0 Å². The number of amides is 1. The Balaban J connectivity index is 2.55. The normalized spacial score (nSPS) is 31.4. The molecule has 1 amide bonds. The molecule has 1 saturated heterocycles. The summed E-state index contributed by atoms with van der Waals surface area (Å²) in [5.41, 5.74) is 0. The molecule has 0 aromatic rings. The molecule has 2 unspecified atom stereocenters. The summed E-state index contributed by atoms with van der Waals surface area (Å²) in [6, 6.07) is 0. The van der Waals surface area contributed by atoms with Crippen molar-refractivity contribution in [3.05, 3.63) is 0 Å². The maximum Gasteiger partial charge on any atom is 0.278 e. The van der Waals surface area contributed by atoms with Crippen LogP contribution in [0.25, 0.3) is 0 Å². The van der Waals surface area contributed by atoms with Gasteiger partial charge in [-0.25, -0.2) is 0 Å². The number of likely N-dealkylation sites (tertiary alicyclic amines) is 1. The largest absolute Gasteiger partial charge is 0.333 e.